The minimum Gasteiger partial charge on any atom is -0.507 e. The van der Waals surface area contributed by atoms with Gasteiger partial charge in [0, 0.05) is 6.07 Å². The van der Waals surface area contributed by atoms with Crippen molar-refractivity contribution in [3.05, 3.63) is 22.2 Å². The Balaban J connectivity index is 3.33. The third kappa shape index (κ3) is 2.33. The monoisotopic (exact) mass is 252 g/mol. The van der Waals surface area contributed by atoms with Crippen LogP contribution in [0.25, 0.3) is 0 Å². The third-order valence-electron chi connectivity index (χ3n) is 1.87. The number of hydrogen-bond donors (Lipinski definition) is 2. The van der Waals surface area contributed by atoms with E-state index in [0.717, 1.165) is 6.07 Å². The van der Waals surface area contributed by atoms with Crippen molar-refractivity contribution in [2.45, 2.75) is 13.5 Å². The van der Waals surface area contributed by atoms with E-state index in [0.29, 0.717) is 0 Å². The molecule has 1 aromatic rings. The summed E-state index contributed by atoms with van der Waals surface area (Å²) in [5.41, 5.74) is -0.476. The van der Waals surface area contributed by atoms with Gasteiger partial charge >= 0.3 is 12.6 Å². The van der Waals surface area contributed by atoms with Crippen molar-refractivity contribution in [2.75, 3.05) is 0 Å². The number of hydrogen-bond acceptors (Lipinski definition) is 3. The fourth-order valence-corrected chi connectivity index (χ4v) is 1.39. The van der Waals surface area contributed by atoms with Gasteiger partial charge in [-0.1, -0.05) is 11.6 Å². The van der Waals surface area contributed by atoms with Crippen LogP contribution < -0.4 is 4.74 Å². The standard InChI is InChI=1S/C9H7ClF2O4/c1-3-6(8(14)15)4(13)2-5(7(3)10)16-9(11)12/h2,9,13H,1H3,(H,14,15). The van der Waals surface area contributed by atoms with Crippen molar-refractivity contribution in [3.8, 4) is 11.5 Å². The van der Waals surface area contributed by atoms with Gasteiger partial charge in [-0.15, -0.1) is 0 Å². The number of carboxylic acid groups (broad SMARTS) is 1. The van der Waals surface area contributed by atoms with Crippen molar-refractivity contribution in [1.82, 2.24) is 0 Å². The summed E-state index contributed by atoms with van der Waals surface area (Å²) in [5, 5.41) is 17.8. The molecule has 16 heavy (non-hydrogen) atoms. The molecule has 0 aliphatic heterocycles. The molecule has 0 aliphatic rings. The fourth-order valence-electron chi connectivity index (χ4n) is 1.20. The zero-order valence-corrected chi connectivity index (χ0v) is 8.76. The molecular formula is C9H7ClF2O4. The summed E-state index contributed by atoms with van der Waals surface area (Å²) in [5.74, 6) is -2.54. The summed E-state index contributed by atoms with van der Waals surface area (Å²) in [7, 11) is 0. The molecule has 1 aromatic carbocycles. The van der Waals surface area contributed by atoms with E-state index in [-0.39, 0.29) is 10.6 Å². The summed E-state index contributed by atoms with van der Waals surface area (Å²) in [6.07, 6.45) is 0. The highest BCUT2D eigenvalue weighted by molar-refractivity contribution is 6.33. The Bertz CT molecular complexity index is 434. The normalized spacial score (nSPS) is 10.6. The van der Waals surface area contributed by atoms with Crippen LogP contribution in [0.3, 0.4) is 0 Å². The van der Waals surface area contributed by atoms with Gasteiger partial charge in [-0.3, -0.25) is 0 Å². The number of alkyl halides is 2. The van der Waals surface area contributed by atoms with Gasteiger partial charge in [0.1, 0.15) is 17.1 Å². The van der Waals surface area contributed by atoms with Crippen LogP contribution in [-0.2, 0) is 0 Å². The Kier molecular flexibility index (Phi) is 3.54. The highest BCUT2D eigenvalue weighted by Crippen LogP contribution is 2.37. The summed E-state index contributed by atoms with van der Waals surface area (Å²) >= 11 is 5.63. The second-order valence-electron chi connectivity index (χ2n) is 2.89. The average Bonchev–Trinajstić information content (AvgIpc) is 2.12. The number of aromatic carboxylic acids is 1. The highest BCUT2D eigenvalue weighted by Gasteiger charge is 2.21. The van der Waals surface area contributed by atoms with E-state index < -0.39 is 29.6 Å². The molecule has 0 aliphatic carbocycles. The van der Waals surface area contributed by atoms with Gasteiger partial charge in [-0.05, 0) is 12.5 Å². The molecule has 0 spiro atoms. The number of carbonyl (C=O) groups is 1. The van der Waals surface area contributed by atoms with Crippen LogP contribution >= 0.6 is 11.6 Å². The smallest absolute Gasteiger partial charge is 0.387 e. The van der Waals surface area contributed by atoms with E-state index in [1.54, 1.807) is 0 Å². The molecule has 1 rings (SSSR count). The predicted octanol–water partition coefficient (Wildman–Crippen LogP) is 2.65. The van der Waals surface area contributed by atoms with E-state index in [4.69, 9.17) is 16.7 Å². The molecule has 0 saturated heterocycles. The second-order valence-corrected chi connectivity index (χ2v) is 3.27. The lowest BCUT2D eigenvalue weighted by Crippen LogP contribution is -2.06. The summed E-state index contributed by atoms with van der Waals surface area (Å²) in [4.78, 5) is 10.7. The number of rotatable bonds is 3. The number of halogens is 3. The minimum atomic E-state index is -3.10. The third-order valence-corrected chi connectivity index (χ3v) is 2.34. The molecule has 2 N–H and O–H groups in total. The largest absolute Gasteiger partial charge is 0.507 e. The predicted molar refractivity (Wildman–Crippen MR) is 51.4 cm³/mol. The van der Waals surface area contributed by atoms with Crippen LogP contribution in [0.4, 0.5) is 8.78 Å². The van der Waals surface area contributed by atoms with Crippen molar-refractivity contribution in [2.24, 2.45) is 0 Å². The molecule has 0 saturated carbocycles. The molecule has 0 amide bonds. The molecule has 0 aromatic heterocycles. The molecule has 0 radical (unpaired) electrons. The van der Waals surface area contributed by atoms with Crippen LogP contribution in [0, 0.1) is 6.92 Å². The van der Waals surface area contributed by atoms with E-state index in [1.807, 2.05) is 0 Å². The van der Waals surface area contributed by atoms with Gasteiger partial charge in [0.15, 0.2) is 0 Å². The maximum atomic E-state index is 11.9. The topological polar surface area (TPSA) is 66.8 Å². The number of ether oxygens (including phenoxy) is 1. The van der Waals surface area contributed by atoms with Crippen molar-refractivity contribution in [1.29, 1.82) is 0 Å². The van der Waals surface area contributed by atoms with Gasteiger partial charge < -0.3 is 14.9 Å². The Labute approximate surface area is 94.0 Å². The minimum absolute atomic E-state index is 0.0372. The quantitative estimate of drug-likeness (QED) is 0.868. The Morgan fingerprint density at radius 2 is 2.12 bits per heavy atom. The Morgan fingerprint density at radius 1 is 1.56 bits per heavy atom. The fraction of sp³-hybridized carbons (Fsp3) is 0.222. The second kappa shape index (κ2) is 4.52. The summed E-state index contributed by atoms with van der Waals surface area (Å²) < 4.78 is 27.9. The Hall–Kier alpha value is -1.56. The van der Waals surface area contributed by atoms with Gasteiger partial charge in [0.05, 0.1) is 5.02 Å². The van der Waals surface area contributed by atoms with Crippen LogP contribution in [0.1, 0.15) is 15.9 Å². The number of phenols is 1. The maximum absolute atomic E-state index is 11.9. The molecule has 0 fully saturated rings. The lowest BCUT2D eigenvalue weighted by Gasteiger charge is -2.11. The van der Waals surface area contributed by atoms with Crippen LogP contribution in [0.2, 0.25) is 5.02 Å². The summed E-state index contributed by atoms with van der Waals surface area (Å²) in [6, 6.07) is 0.741. The van der Waals surface area contributed by atoms with E-state index in [1.165, 1.54) is 6.92 Å². The van der Waals surface area contributed by atoms with E-state index in [9.17, 15) is 18.7 Å². The molecular weight excluding hydrogens is 246 g/mol. The van der Waals surface area contributed by atoms with Crippen LogP contribution in [0.5, 0.6) is 11.5 Å². The lowest BCUT2D eigenvalue weighted by molar-refractivity contribution is -0.0498. The molecule has 0 atom stereocenters. The van der Waals surface area contributed by atoms with Gasteiger partial charge in [-0.25, -0.2) is 4.79 Å². The lowest BCUT2D eigenvalue weighted by atomic mass is 10.1. The number of carboxylic acids is 1. The molecule has 0 heterocycles. The number of aromatic hydroxyl groups is 1. The van der Waals surface area contributed by atoms with Gasteiger partial charge in [0.2, 0.25) is 0 Å². The maximum Gasteiger partial charge on any atom is 0.387 e. The number of benzene rings is 1. The summed E-state index contributed by atoms with van der Waals surface area (Å²) in [6.45, 7) is -1.82. The first-order valence-electron chi connectivity index (χ1n) is 4.04. The molecule has 0 bridgehead atoms. The van der Waals surface area contributed by atoms with Crippen molar-refractivity contribution in [3.63, 3.8) is 0 Å². The first kappa shape index (κ1) is 12.5. The first-order valence-corrected chi connectivity index (χ1v) is 4.42. The van der Waals surface area contributed by atoms with Gasteiger partial charge in [-0.2, -0.15) is 8.78 Å². The Morgan fingerprint density at radius 3 is 2.56 bits per heavy atom. The molecule has 0 unspecified atom stereocenters. The zero-order valence-electron chi connectivity index (χ0n) is 8.00. The van der Waals surface area contributed by atoms with Crippen LogP contribution in [-0.4, -0.2) is 22.8 Å². The molecule has 7 heteroatoms. The SMILES string of the molecule is Cc1c(Cl)c(OC(F)F)cc(O)c1C(=O)O. The zero-order chi connectivity index (χ0) is 12.5. The van der Waals surface area contributed by atoms with Crippen LogP contribution in [0.15, 0.2) is 6.07 Å². The van der Waals surface area contributed by atoms with Crippen molar-refractivity contribution < 1.29 is 28.5 Å². The van der Waals surface area contributed by atoms with Crippen molar-refractivity contribution >= 4 is 17.6 Å². The molecule has 4 nitrogen and oxygen atoms in total. The van der Waals surface area contributed by atoms with E-state index >= 15 is 0 Å². The first-order chi connectivity index (χ1) is 7.34. The molecule has 88 valence electrons. The van der Waals surface area contributed by atoms with E-state index in [2.05, 4.69) is 4.74 Å². The van der Waals surface area contributed by atoms with Gasteiger partial charge in [0.25, 0.3) is 0 Å². The highest BCUT2D eigenvalue weighted by atomic mass is 35.5. The average molecular weight is 253 g/mol.